The van der Waals surface area contributed by atoms with Crippen molar-refractivity contribution in [3.05, 3.63) is 28.2 Å². The van der Waals surface area contributed by atoms with Crippen LogP contribution in [-0.4, -0.2) is 32.1 Å². The molecule has 0 N–H and O–H groups in total. The summed E-state index contributed by atoms with van der Waals surface area (Å²) in [5.41, 5.74) is 1.83. The molecule has 0 amide bonds. The molecule has 3 nitrogen and oxygen atoms in total. The van der Waals surface area contributed by atoms with Crippen molar-refractivity contribution in [2.75, 3.05) is 24.6 Å². The van der Waals surface area contributed by atoms with Crippen molar-refractivity contribution in [1.29, 1.82) is 0 Å². The summed E-state index contributed by atoms with van der Waals surface area (Å²) in [5.74, 6) is 0. The molecule has 1 aromatic carbocycles. The number of anilines is 1. The van der Waals surface area contributed by atoms with Crippen LogP contribution in [0.1, 0.15) is 23.7 Å². The predicted molar refractivity (Wildman–Crippen MR) is 71.8 cm³/mol. The van der Waals surface area contributed by atoms with Gasteiger partial charge in [-0.25, -0.2) is 0 Å². The summed E-state index contributed by atoms with van der Waals surface area (Å²) >= 11 is 3.42. The summed E-state index contributed by atoms with van der Waals surface area (Å²) < 4.78 is 6.47. The Balaban J connectivity index is 2.20. The van der Waals surface area contributed by atoms with Crippen molar-refractivity contribution in [3.8, 4) is 0 Å². The average Bonchev–Trinajstić information content (AvgIpc) is 2.54. The number of halogens is 1. The first-order valence-corrected chi connectivity index (χ1v) is 6.61. The van der Waals surface area contributed by atoms with E-state index in [2.05, 4.69) is 27.8 Å². The summed E-state index contributed by atoms with van der Waals surface area (Å²) in [4.78, 5) is 13.1. The van der Waals surface area contributed by atoms with Gasteiger partial charge in [-0.2, -0.15) is 0 Å². The summed E-state index contributed by atoms with van der Waals surface area (Å²) in [5, 5.41) is 0. The van der Waals surface area contributed by atoms with Crippen LogP contribution in [0.15, 0.2) is 22.7 Å². The SMILES string of the molecule is CC1CN(c2ccc(C=O)c(Br)c2)CCCO1. The van der Waals surface area contributed by atoms with Gasteiger partial charge in [-0.1, -0.05) is 0 Å². The molecule has 1 saturated heterocycles. The van der Waals surface area contributed by atoms with Crippen LogP contribution < -0.4 is 4.90 Å². The van der Waals surface area contributed by atoms with Crippen LogP contribution >= 0.6 is 15.9 Å². The van der Waals surface area contributed by atoms with E-state index in [4.69, 9.17) is 4.74 Å². The van der Waals surface area contributed by atoms with Gasteiger partial charge >= 0.3 is 0 Å². The summed E-state index contributed by atoms with van der Waals surface area (Å²) in [6.07, 6.45) is 2.15. The Morgan fingerprint density at radius 3 is 3.06 bits per heavy atom. The monoisotopic (exact) mass is 297 g/mol. The third-order valence-electron chi connectivity index (χ3n) is 2.93. The lowest BCUT2D eigenvalue weighted by Gasteiger charge is -2.24. The van der Waals surface area contributed by atoms with E-state index in [1.807, 2.05) is 18.2 Å². The van der Waals surface area contributed by atoms with E-state index in [-0.39, 0.29) is 6.10 Å². The van der Waals surface area contributed by atoms with E-state index in [0.717, 1.165) is 42.6 Å². The lowest BCUT2D eigenvalue weighted by molar-refractivity contribution is 0.0821. The second kappa shape index (κ2) is 5.65. The minimum Gasteiger partial charge on any atom is -0.377 e. The van der Waals surface area contributed by atoms with E-state index in [1.165, 1.54) is 0 Å². The van der Waals surface area contributed by atoms with Crippen molar-refractivity contribution in [2.45, 2.75) is 19.4 Å². The van der Waals surface area contributed by atoms with Crippen LogP contribution in [0.5, 0.6) is 0 Å². The van der Waals surface area contributed by atoms with E-state index in [9.17, 15) is 4.79 Å². The molecular formula is C13H16BrNO2. The topological polar surface area (TPSA) is 29.5 Å². The molecule has 1 atom stereocenters. The number of carbonyl (C=O) groups excluding carboxylic acids is 1. The number of nitrogens with zero attached hydrogens (tertiary/aromatic N) is 1. The number of benzene rings is 1. The van der Waals surface area contributed by atoms with E-state index >= 15 is 0 Å². The molecule has 1 aliphatic heterocycles. The van der Waals surface area contributed by atoms with Crippen LogP contribution in [-0.2, 0) is 4.74 Å². The molecule has 17 heavy (non-hydrogen) atoms. The number of rotatable bonds is 2. The van der Waals surface area contributed by atoms with Gasteiger partial charge in [-0.3, -0.25) is 4.79 Å². The fraction of sp³-hybridized carbons (Fsp3) is 0.462. The lowest BCUT2D eigenvalue weighted by atomic mass is 10.2. The molecule has 0 aliphatic carbocycles. The van der Waals surface area contributed by atoms with Crippen LogP contribution in [0.2, 0.25) is 0 Å². The first kappa shape index (κ1) is 12.6. The molecule has 0 aromatic heterocycles. The number of hydrogen-bond acceptors (Lipinski definition) is 3. The lowest BCUT2D eigenvalue weighted by Crippen LogP contribution is -2.30. The number of carbonyl (C=O) groups is 1. The zero-order valence-electron chi connectivity index (χ0n) is 9.86. The van der Waals surface area contributed by atoms with Gasteiger partial charge in [0.25, 0.3) is 0 Å². The molecule has 1 fully saturated rings. The van der Waals surface area contributed by atoms with Crippen molar-refractivity contribution >= 4 is 27.9 Å². The standard InChI is InChI=1S/C13H16BrNO2/c1-10-8-15(5-2-6-17-10)12-4-3-11(9-16)13(14)7-12/h3-4,7,9-10H,2,5-6,8H2,1H3. The minimum atomic E-state index is 0.252. The fourth-order valence-electron chi connectivity index (χ4n) is 2.04. The zero-order valence-corrected chi connectivity index (χ0v) is 11.4. The number of ether oxygens (including phenoxy) is 1. The highest BCUT2D eigenvalue weighted by Gasteiger charge is 2.15. The Morgan fingerprint density at radius 1 is 1.53 bits per heavy atom. The molecule has 1 aliphatic rings. The maximum Gasteiger partial charge on any atom is 0.151 e. The smallest absolute Gasteiger partial charge is 0.151 e. The van der Waals surface area contributed by atoms with Gasteiger partial charge in [-0.05, 0) is 47.5 Å². The quantitative estimate of drug-likeness (QED) is 0.786. The van der Waals surface area contributed by atoms with Crippen molar-refractivity contribution in [2.24, 2.45) is 0 Å². The van der Waals surface area contributed by atoms with Crippen molar-refractivity contribution < 1.29 is 9.53 Å². The highest BCUT2D eigenvalue weighted by atomic mass is 79.9. The fourth-order valence-corrected chi connectivity index (χ4v) is 2.50. The largest absolute Gasteiger partial charge is 0.377 e. The highest BCUT2D eigenvalue weighted by Crippen LogP contribution is 2.24. The van der Waals surface area contributed by atoms with E-state index in [1.54, 1.807) is 0 Å². The van der Waals surface area contributed by atoms with Crippen molar-refractivity contribution in [1.82, 2.24) is 0 Å². The zero-order chi connectivity index (χ0) is 12.3. The molecule has 1 unspecified atom stereocenters. The molecule has 0 saturated carbocycles. The third-order valence-corrected chi connectivity index (χ3v) is 3.62. The van der Waals surface area contributed by atoms with Gasteiger partial charge in [0.05, 0.1) is 6.10 Å². The summed E-state index contributed by atoms with van der Waals surface area (Å²) in [6, 6.07) is 5.84. The van der Waals surface area contributed by atoms with Gasteiger partial charge in [-0.15, -0.1) is 0 Å². The Morgan fingerprint density at radius 2 is 2.35 bits per heavy atom. The normalized spacial score (nSPS) is 21.1. The summed E-state index contributed by atoms with van der Waals surface area (Å²) in [6.45, 7) is 4.81. The van der Waals surface area contributed by atoms with Crippen LogP contribution in [0.3, 0.4) is 0 Å². The third kappa shape index (κ3) is 3.07. The van der Waals surface area contributed by atoms with E-state index < -0.39 is 0 Å². The maximum absolute atomic E-state index is 10.8. The Hall–Kier alpha value is -0.870. The second-order valence-electron chi connectivity index (χ2n) is 4.30. The van der Waals surface area contributed by atoms with Crippen LogP contribution in [0, 0.1) is 0 Å². The van der Waals surface area contributed by atoms with Gasteiger partial charge in [0.2, 0.25) is 0 Å². The first-order chi connectivity index (χ1) is 8.20. The Kier molecular flexibility index (Phi) is 4.18. The van der Waals surface area contributed by atoms with Crippen LogP contribution in [0.4, 0.5) is 5.69 Å². The van der Waals surface area contributed by atoms with Gasteiger partial charge in [0, 0.05) is 35.4 Å². The molecular weight excluding hydrogens is 282 g/mol. The molecule has 1 aromatic rings. The molecule has 4 heteroatoms. The average molecular weight is 298 g/mol. The minimum absolute atomic E-state index is 0.252. The second-order valence-corrected chi connectivity index (χ2v) is 5.16. The van der Waals surface area contributed by atoms with E-state index in [0.29, 0.717) is 5.56 Å². The number of hydrogen-bond donors (Lipinski definition) is 0. The van der Waals surface area contributed by atoms with Gasteiger partial charge < -0.3 is 9.64 Å². The molecule has 0 bridgehead atoms. The maximum atomic E-state index is 10.8. The van der Waals surface area contributed by atoms with Crippen molar-refractivity contribution in [3.63, 3.8) is 0 Å². The van der Waals surface area contributed by atoms with Gasteiger partial charge in [0.1, 0.15) is 0 Å². The summed E-state index contributed by atoms with van der Waals surface area (Å²) in [7, 11) is 0. The van der Waals surface area contributed by atoms with Gasteiger partial charge in [0.15, 0.2) is 6.29 Å². The molecule has 92 valence electrons. The molecule has 2 rings (SSSR count). The molecule has 1 heterocycles. The predicted octanol–water partition coefficient (Wildman–Crippen LogP) is 2.88. The van der Waals surface area contributed by atoms with Crippen LogP contribution in [0.25, 0.3) is 0 Å². The Labute approximate surface area is 110 Å². The molecule has 0 radical (unpaired) electrons. The molecule has 0 spiro atoms. The Bertz CT molecular complexity index is 408. The highest BCUT2D eigenvalue weighted by molar-refractivity contribution is 9.10. The first-order valence-electron chi connectivity index (χ1n) is 5.82. The number of aldehydes is 1.